The number of methoxy groups -OCH3 is 2. The zero-order valence-electron chi connectivity index (χ0n) is 26.4. The molecule has 246 valence electrons. The third kappa shape index (κ3) is 7.26. The molecular weight excluding hydrogens is 604 g/mol. The molecule has 4 aliphatic rings. The minimum Gasteiger partial charge on any atom is -0.497 e. The molecule has 2 saturated heterocycles. The summed E-state index contributed by atoms with van der Waals surface area (Å²) < 4.78 is 22.7. The van der Waals surface area contributed by atoms with Gasteiger partial charge in [-0.05, 0) is 66.9 Å². The highest BCUT2D eigenvalue weighted by Crippen LogP contribution is 2.30. The van der Waals surface area contributed by atoms with E-state index in [1.165, 1.54) is 13.2 Å². The first kappa shape index (κ1) is 31.7. The molecule has 12 heteroatoms. The lowest BCUT2D eigenvalue weighted by Gasteiger charge is -2.33. The van der Waals surface area contributed by atoms with E-state index in [0.717, 1.165) is 5.56 Å². The number of ether oxygens (including phenoxy) is 4. The predicted octanol–water partition coefficient (Wildman–Crippen LogP) is 2.65. The van der Waals surface area contributed by atoms with Crippen LogP contribution in [0.25, 0.3) is 0 Å². The number of hydrogen-bond donors (Lipinski definition) is 2. The van der Waals surface area contributed by atoms with Crippen LogP contribution in [-0.4, -0.2) is 92.6 Å². The van der Waals surface area contributed by atoms with Crippen LogP contribution in [0.4, 0.5) is 0 Å². The molecule has 12 nitrogen and oxygen atoms in total. The van der Waals surface area contributed by atoms with Gasteiger partial charge in [0.05, 0.1) is 26.8 Å². The van der Waals surface area contributed by atoms with Crippen molar-refractivity contribution in [1.82, 2.24) is 20.4 Å². The molecule has 3 aromatic rings. The fraction of sp³-hybridized carbons (Fsp3) is 0.371. The topological polar surface area (TPSA) is 136 Å². The summed E-state index contributed by atoms with van der Waals surface area (Å²) in [6.07, 6.45) is 0.577. The van der Waals surface area contributed by atoms with Crippen molar-refractivity contribution in [3.8, 4) is 23.0 Å². The van der Waals surface area contributed by atoms with Gasteiger partial charge in [0.15, 0.2) is 18.1 Å². The fourth-order valence-corrected chi connectivity index (χ4v) is 6.18. The average molecular weight is 643 g/mol. The number of fused-ring (bicyclic) bond motifs is 7. The molecule has 4 aliphatic heterocycles. The van der Waals surface area contributed by atoms with Gasteiger partial charge in [-0.3, -0.25) is 19.2 Å². The highest BCUT2D eigenvalue weighted by molar-refractivity contribution is 5.96. The molecule has 0 aromatic heterocycles. The number of carbonyl (C=O) groups is 4. The van der Waals surface area contributed by atoms with Gasteiger partial charge < -0.3 is 39.4 Å². The van der Waals surface area contributed by atoms with Crippen molar-refractivity contribution in [3.63, 3.8) is 0 Å². The summed E-state index contributed by atoms with van der Waals surface area (Å²) in [6, 6.07) is 18.7. The molecule has 0 aliphatic carbocycles. The van der Waals surface area contributed by atoms with E-state index >= 15 is 0 Å². The summed E-state index contributed by atoms with van der Waals surface area (Å²) in [5, 5.41) is 5.88. The molecule has 0 saturated carbocycles. The molecule has 47 heavy (non-hydrogen) atoms. The molecule has 4 heterocycles. The second-order valence-electron chi connectivity index (χ2n) is 11.9. The van der Waals surface area contributed by atoms with Gasteiger partial charge in [-0.25, -0.2) is 0 Å². The SMILES string of the molecule is COc1cccc(C(=O)N2CCC(C(=O)N3C[C@@H]4NC(=O)c5ccc(OC)c(c5)OCC(=O)NCc5ccc(cc5)O[C@H]4C3)CC2)c1. The van der Waals surface area contributed by atoms with Crippen molar-refractivity contribution in [1.29, 1.82) is 0 Å². The quantitative estimate of drug-likeness (QED) is 0.444. The number of rotatable bonds is 4. The minimum atomic E-state index is -0.507. The molecular formula is C35H38N4O8. The first-order valence-electron chi connectivity index (χ1n) is 15.7. The number of nitrogens with one attached hydrogen (secondary N) is 2. The number of amides is 4. The monoisotopic (exact) mass is 642 g/mol. The van der Waals surface area contributed by atoms with Crippen molar-refractivity contribution >= 4 is 23.6 Å². The Morgan fingerprint density at radius 3 is 2.43 bits per heavy atom. The summed E-state index contributed by atoms with van der Waals surface area (Å²) in [5.74, 6) is 0.805. The Bertz CT molecular complexity index is 1640. The van der Waals surface area contributed by atoms with Crippen molar-refractivity contribution in [2.45, 2.75) is 31.5 Å². The van der Waals surface area contributed by atoms with Gasteiger partial charge in [-0.1, -0.05) is 18.2 Å². The highest BCUT2D eigenvalue weighted by atomic mass is 16.5. The number of benzene rings is 3. The van der Waals surface area contributed by atoms with Crippen LogP contribution in [0.5, 0.6) is 23.0 Å². The molecule has 2 fully saturated rings. The lowest BCUT2D eigenvalue weighted by molar-refractivity contribution is -0.136. The first-order valence-corrected chi connectivity index (χ1v) is 15.7. The highest BCUT2D eigenvalue weighted by Gasteiger charge is 2.41. The third-order valence-electron chi connectivity index (χ3n) is 8.83. The first-order chi connectivity index (χ1) is 22.8. The van der Waals surface area contributed by atoms with Crippen molar-refractivity contribution in [3.05, 3.63) is 83.4 Å². The Hall–Kier alpha value is -5.26. The maximum Gasteiger partial charge on any atom is 0.258 e. The van der Waals surface area contributed by atoms with Crippen LogP contribution in [0, 0.1) is 5.92 Å². The smallest absolute Gasteiger partial charge is 0.258 e. The molecule has 2 atom stereocenters. The Labute approximate surface area is 272 Å². The fourth-order valence-electron chi connectivity index (χ4n) is 6.18. The van der Waals surface area contributed by atoms with E-state index < -0.39 is 12.1 Å². The molecule has 7 rings (SSSR count). The summed E-state index contributed by atoms with van der Waals surface area (Å²) >= 11 is 0. The van der Waals surface area contributed by atoms with Crippen molar-refractivity contribution in [2.24, 2.45) is 5.92 Å². The van der Waals surface area contributed by atoms with Gasteiger partial charge >= 0.3 is 0 Å². The van der Waals surface area contributed by atoms with Gasteiger partial charge in [0.1, 0.15) is 17.6 Å². The lowest BCUT2D eigenvalue weighted by Crippen LogP contribution is -2.46. The number of nitrogens with zero attached hydrogens (tertiary/aromatic N) is 2. The van der Waals surface area contributed by atoms with Gasteiger partial charge in [-0.2, -0.15) is 0 Å². The zero-order valence-corrected chi connectivity index (χ0v) is 26.4. The number of carbonyl (C=O) groups excluding carboxylic acids is 4. The Morgan fingerprint density at radius 2 is 1.68 bits per heavy atom. The molecule has 0 unspecified atom stereocenters. The minimum absolute atomic E-state index is 0.0165. The second kappa shape index (κ2) is 14.0. The molecule has 3 aromatic carbocycles. The molecule has 2 N–H and O–H groups in total. The van der Waals surface area contributed by atoms with E-state index in [2.05, 4.69) is 10.6 Å². The van der Waals surface area contributed by atoms with Crippen LogP contribution in [0.3, 0.4) is 0 Å². The van der Waals surface area contributed by atoms with Gasteiger partial charge in [0.25, 0.3) is 17.7 Å². The van der Waals surface area contributed by atoms with Crippen molar-refractivity contribution in [2.75, 3.05) is 47.0 Å². The second-order valence-corrected chi connectivity index (χ2v) is 11.9. The van der Waals surface area contributed by atoms with E-state index in [4.69, 9.17) is 18.9 Å². The summed E-state index contributed by atoms with van der Waals surface area (Å²) in [7, 11) is 3.05. The average Bonchev–Trinajstić information content (AvgIpc) is 3.50. The number of hydrogen-bond acceptors (Lipinski definition) is 8. The van der Waals surface area contributed by atoms with E-state index in [-0.39, 0.29) is 48.4 Å². The van der Waals surface area contributed by atoms with Crippen LogP contribution in [0.2, 0.25) is 0 Å². The molecule has 0 radical (unpaired) electrons. The summed E-state index contributed by atoms with van der Waals surface area (Å²) in [6.45, 7) is 1.55. The maximum absolute atomic E-state index is 13.8. The maximum atomic E-state index is 13.8. The van der Waals surface area contributed by atoms with Crippen LogP contribution < -0.4 is 29.6 Å². The van der Waals surface area contributed by atoms with Crippen LogP contribution in [-0.2, 0) is 16.1 Å². The summed E-state index contributed by atoms with van der Waals surface area (Å²) in [5.41, 5.74) is 1.74. The van der Waals surface area contributed by atoms with Crippen molar-refractivity contribution < 1.29 is 38.1 Å². The number of piperidine rings is 1. The molecule has 4 amide bonds. The predicted molar refractivity (Wildman–Crippen MR) is 171 cm³/mol. The summed E-state index contributed by atoms with van der Waals surface area (Å²) in [4.78, 5) is 56.4. The zero-order chi connectivity index (χ0) is 32.9. The van der Waals surface area contributed by atoms with Crippen LogP contribution in [0.15, 0.2) is 66.7 Å². The Balaban J connectivity index is 1.17. The van der Waals surface area contributed by atoms with E-state index in [0.29, 0.717) is 67.4 Å². The normalized spacial score (nSPS) is 20.2. The van der Waals surface area contributed by atoms with E-state index in [1.54, 1.807) is 53.3 Å². The largest absolute Gasteiger partial charge is 0.497 e. The number of likely N-dealkylation sites (tertiary alicyclic amines) is 2. The van der Waals surface area contributed by atoms with E-state index in [9.17, 15) is 19.2 Å². The van der Waals surface area contributed by atoms with Gasteiger partial charge in [-0.15, -0.1) is 0 Å². The Kier molecular flexibility index (Phi) is 9.46. The molecule has 4 bridgehead atoms. The van der Waals surface area contributed by atoms with E-state index in [1.807, 2.05) is 24.3 Å². The van der Waals surface area contributed by atoms with Crippen LogP contribution in [0.1, 0.15) is 39.1 Å². The van der Waals surface area contributed by atoms with Gasteiger partial charge in [0, 0.05) is 43.2 Å². The lowest BCUT2D eigenvalue weighted by atomic mass is 9.95. The van der Waals surface area contributed by atoms with Gasteiger partial charge in [0.2, 0.25) is 5.91 Å². The van der Waals surface area contributed by atoms with Crippen LogP contribution >= 0.6 is 0 Å². The third-order valence-corrected chi connectivity index (χ3v) is 8.83. The standard InChI is InChI=1S/C35H38N4O8/c1-44-27-5-3-4-25(16-27)35(43)38-14-12-23(13-15-38)34(42)39-19-28-31(20-39)47-26-9-6-22(7-10-26)18-36-32(40)21-46-30-17-24(33(41)37-28)8-11-29(30)45-2/h3-11,16-17,23,28,31H,12-15,18-21H2,1-2H3,(H,36,40)(H,37,41)/t28-,31-/m0/s1. The Morgan fingerprint density at radius 1 is 0.894 bits per heavy atom. The molecule has 0 spiro atoms.